The Morgan fingerprint density at radius 2 is 2.12 bits per heavy atom. The van der Waals surface area contributed by atoms with E-state index in [9.17, 15) is 0 Å². The van der Waals surface area contributed by atoms with E-state index in [1.807, 2.05) is 0 Å². The van der Waals surface area contributed by atoms with Gasteiger partial charge in [-0.25, -0.2) is 0 Å². The van der Waals surface area contributed by atoms with Gasteiger partial charge < -0.3 is 15.0 Å². The SMILES string of the molecule is CCNCC1(CN(C)C2CCCC2)CCOC1. The standard InChI is InChI=1S/C14H28N2O/c1-3-15-10-14(8-9-17-12-14)11-16(2)13-6-4-5-7-13/h13,15H,3-12H2,1-2H3. The topological polar surface area (TPSA) is 24.5 Å². The summed E-state index contributed by atoms with van der Waals surface area (Å²) in [6.45, 7) is 7.45. The molecule has 1 aliphatic heterocycles. The van der Waals surface area contributed by atoms with Gasteiger partial charge in [-0.1, -0.05) is 19.8 Å². The zero-order valence-corrected chi connectivity index (χ0v) is 11.5. The number of hydrogen-bond acceptors (Lipinski definition) is 3. The number of nitrogens with one attached hydrogen (secondary N) is 1. The molecule has 1 aliphatic carbocycles. The van der Waals surface area contributed by atoms with E-state index in [-0.39, 0.29) is 0 Å². The molecule has 0 aromatic rings. The minimum absolute atomic E-state index is 0.368. The quantitative estimate of drug-likeness (QED) is 0.767. The summed E-state index contributed by atoms with van der Waals surface area (Å²) in [6, 6.07) is 0.828. The van der Waals surface area contributed by atoms with Crippen molar-refractivity contribution in [2.75, 3.05) is 39.9 Å². The molecule has 2 aliphatic rings. The maximum absolute atomic E-state index is 5.65. The van der Waals surface area contributed by atoms with E-state index < -0.39 is 0 Å². The van der Waals surface area contributed by atoms with Crippen LogP contribution in [0.15, 0.2) is 0 Å². The van der Waals surface area contributed by atoms with Crippen LogP contribution in [0.3, 0.4) is 0 Å². The van der Waals surface area contributed by atoms with Crippen molar-refractivity contribution >= 4 is 0 Å². The number of ether oxygens (including phenoxy) is 1. The van der Waals surface area contributed by atoms with Crippen LogP contribution in [0.2, 0.25) is 0 Å². The molecule has 0 aromatic carbocycles. The summed E-state index contributed by atoms with van der Waals surface area (Å²) in [4.78, 5) is 2.60. The van der Waals surface area contributed by atoms with Crippen LogP contribution >= 0.6 is 0 Å². The van der Waals surface area contributed by atoms with Gasteiger partial charge in [-0.3, -0.25) is 0 Å². The molecule has 3 heteroatoms. The molecule has 1 atom stereocenters. The molecule has 0 aromatic heterocycles. The summed E-state index contributed by atoms with van der Waals surface area (Å²) in [5.74, 6) is 0. The fourth-order valence-corrected chi connectivity index (χ4v) is 3.36. The summed E-state index contributed by atoms with van der Waals surface area (Å²) in [6.07, 6.45) is 6.86. The first-order chi connectivity index (χ1) is 8.26. The highest BCUT2D eigenvalue weighted by Crippen LogP contribution is 2.31. The highest BCUT2D eigenvalue weighted by atomic mass is 16.5. The van der Waals surface area contributed by atoms with Crippen LogP contribution in [0.4, 0.5) is 0 Å². The summed E-state index contributed by atoms with van der Waals surface area (Å²) in [5.41, 5.74) is 0.368. The van der Waals surface area contributed by atoms with Crippen LogP contribution in [-0.2, 0) is 4.74 Å². The first-order valence-corrected chi connectivity index (χ1v) is 7.24. The van der Waals surface area contributed by atoms with E-state index in [0.29, 0.717) is 5.41 Å². The molecule has 0 radical (unpaired) electrons. The highest BCUT2D eigenvalue weighted by Gasteiger charge is 2.37. The van der Waals surface area contributed by atoms with Crippen molar-refractivity contribution in [3.63, 3.8) is 0 Å². The molecule has 3 nitrogen and oxygen atoms in total. The fourth-order valence-electron chi connectivity index (χ4n) is 3.36. The second-order valence-corrected chi connectivity index (χ2v) is 5.94. The lowest BCUT2D eigenvalue weighted by atomic mass is 9.86. The molecule has 0 spiro atoms. The number of rotatable bonds is 6. The maximum Gasteiger partial charge on any atom is 0.0547 e. The molecule has 17 heavy (non-hydrogen) atoms. The highest BCUT2D eigenvalue weighted by molar-refractivity contribution is 4.90. The first-order valence-electron chi connectivity index (χ1n) is 7.24. The average molecular weight is 240 g/mol. The normalized spacial score (nSPS) is 30.5. The Morgan fingerprint density at radius 1 is 1.35 bits per heavy atom. The van der Waals surface area contributed by atoms with E-state index in [2.05, 4.69) is 24.2 Å². The monoisotopic (exact) mass is 240 g/mol. The van der Waals surface area contributed by atoms with Gasteiger partial charge in [0.05, 0.1) is 6.61 Å². The average Bonchev–Trinajstić information content (AvgIpc) is 2.98. The van der Waals surface area contributed by atoms with Gasteiger partial charge in [0.1, 0.15) is 0 Å². The zero-order valence-electron chi connectivity index (χ0n) is 11.5. The molecule has 1 saturated carbocycles. The van der Waals surface area contributed by atoms with Gasteiger partial charge >= 0.3 is 0 Å². The number of nitrogens with zero attached hydrogens (tertiary/aromatic N) is 1. The Kier molecular flexibility index (Phi) is 4.83. The van der Waals surface area contributed by atoms with Crippen LogP contribution < -0.4 is 5.32 Å². The van der Waals surface area contributed by atoms with Crippen molar-refractivity contribution in [3.8, 4) is 0 Å². The largest absolute Gasteiger partial charge is 0.381 e. The smallest absolute Gasteiger partial charge is 0.0547 e. The molecule has 1 N–H and O–H groups in total. The van der Waals surface area contributed by atoms with E-state index in [1.165, 1.54) is 38.6 Å². The zero-order chi connectivity index (χ0) is 12.1. The van der Waals surface area contributed by atoms with Gasteiger partial charge in [-0.05, 0) is 32.9 Å². The molecule has 2 rings (SSSR count). The molecule has 2 fully saturated rings. The first kappa shape index (κ1) is 13.3. The van der Waals surface area contributed by atoms with Crippen molar-refractivity contribution in [1.82, 2.24) is 10.2 Å². The maximum atomic E-state index is 5.65. The lowest BCUT2D eigenvalue weighted by molar-refractivity contribution is 0.102. The third kappa shape index (κ3) is 3.43. The van der Waals surface area contributed by atoms with Crippen LogP contribution in [0.1, 0.15) is 39.0 Å². The lowest BCUT2D eigenvalue weighted by Gasteiger charge is -2.35. The summed E-state index contributed by atoms with van der Waals surface area (Å²) < 4.78 is 5.65. The summed E-state index contributed by atoms with van der Waals surface area (Å²) in [5, 5.41) is 3.52. The summed E-state index contributed by atoms with van der Waals surface area (Å²) in [7, 11) is 2.31. The fraction of sp³-hybridized carbons (Fsp3) is 1.00. The van der Waals surface area contributed by atoms with Gasteiger partial charge in [0, 0.05) is 31.2 Å². The Balaban J connectivity index is 1.87. The molecule has 1 saturated heterocycles. The van der Waals surface area contributed by atoms with Crippen molar-refractivity contribution in [2.24, 2.45) is 5.41 Å². The Bertz CT molecular complexity index is 220. The van der Waals surface area contributed by atoms with Gasteiger partial charge in [0.2, 0.25) is 0 Å². The second-order valence-electron chi connectivity index (χ2n) is 5.94. The molecular weight excluding hydrogens is 212 g/mol. The lowest BCUT2D eigenvalue weighted by Crippen LogP contribution is -2.46. The van der Waals surface area contributed by atoms with Crippen molar-refractivity contribution in [1.29, 1.82) is 0 Å². The van der Waals surface area contributed by atoms with Crippen molar-refractivity contribution in [3.05, 3.63) is 0 Å². The molecule has 0 amide bonds. The number of hydrogen-bond donors (Lipinski definition) is 1. The van der Waals surface area contributed by atoms with E-state index in [0.717, 1.165) is 32.3 Å². The van der Waals surface area contributed by atoms with Crippen LogP contribution in [0.25, 0.3) is 0 Å². The molecule has 100 valence electrons. The molecular formula is C14H28N2O. The van der Waals surface area contributed by atoms with E-state index in [1.54, 1.807) is 0 Å². The van der Waals surface area contributed by atoms with Crippen LogP contribution in [0, 0.1) is 5.41 Å². The van der Waals surface area contributed by atoms with Crippen molar-refractivity contribution < 1.29 is 4.74 Å². The van der Waals surface area contributed by atoms with Gasteiger partial charge in [-0.2, -0.15) is 0 Å². The third-order valence-electron chi connectivity index (χ3n) is 4.47. The predicted octanol–water partition coefficient (Wildman–Crippen LogP) is 1.88. The van der Waals surface area contributed by atoms with Crippen LogP contribution in [0.5, 0.6) is 0 Å². The van der Waals surface area contributed by atoms with Gasteiger partial charge in [-0.15, -0.1) is 0 Å². The Hall–Kier alpha value is -0.120. The minimum Gasteiger partial charge on any atom is -0.381 e. The predicted molar refractivity (Wildman–Crippen MR) is 71.3 cm³/mol. The molecule has 0 bridgehead atoms. The van der Waals surface area contributed by atoms with E-state index >= 15 is 0 Å². The second kappa shape index (κ2) is 6.17. The van der Waals surface area contributed by atoms with Gasteiger partial charge in [0.15, 0.2) is 0 Å². The Morgan fingerprint density at radius 3 is 2.71 bits per heavy atom. The van der Waals surface area contributed by atoms with Gasteiger partial charge in [0.25, 0.3) is 0 Å². The minimum atomic E-state index is 0.368. The molecule has 1 unspecified atom stereocenters. The molecule has 1 heterocycles. The third-order valence-corrected chi connectivity index (χ3v) is 4.47. The van der Waals surface area contributed by atoms with Crippen molar-refractivity contribution in [2.45, 2.75) is 45.1 Å². The van der Waals surface area contributed by atoms with E-state index in [4.69, 9.17) is 4.74 Å². The summed E-state index contributed by atoms with van der Waals surface area (Å²) >= 11 is 0. The Labute approximate surface area is 106 Å². The van der Waals surface area contributed by atoms with Crippen LogP contribution in [-0.4, -0.2) is 50.8 Å².